The van der Waals surface area contributed by atoms with E-state index in [1.165, 1.54) is 18.5 Å². The molecular weight excluding hydrogens is 1050 g/mol. The summed E-state index contributed by atoms with van der Waals surface area (Å²) < 4.78 is 299. The van der Waals surface area contributed by atoms with Crippen LogP contribution >= 0.6 is 15.8 Å². The molecule has 0 spiro atoms. The van der Waals surface area contributed by atoms with Gasteiger partial charge in [-0.05, 0) is 72.3 Å². The standard InChI is InChI=1S/C46H8F20N4P2/c47-21-25(51)33(59)43(34(60)26(21)52)71(44-35(61)27(53)22(48)28(54)36(44)62)11-1-3-13-15-7-16-14-4-2-12(6-18(14)42(70-10-68)20(16)8-19(15)41(69-9-67)17(13)5-11)72(45-37(63)29(55)23(49)30(56)38(45)64)46-39(65)31(57)24(50)32(58)40(46)66/h1-8H. The van der Waals surface area contributed by atoms with Crippen LogP contribution in [0.5, 0.6) is 0 Å². The Labute approximate surface area is 386 Å². The van der Waals surface area contributed by atoms with Crippen LogP contribution in [0.2, 0.25) is 0 Å². The molecule has 0 aliphatic rings. The first-order valence-electron chi connectivity index (χ1n) is 19.1. The third kappa shape index (κ3) is 6.90. The molecular formula is C46H8F20N4P2. The SMILES string of the molecule is N#CN=c1c2cc(P(c3c(F)c(F)c(F)c(F)c3F)c3c(F)c(F)c(F)c(F)c3F)ccc2c2cc3c(cc12)c(=NC#N)c1cc(P(c2c(F)c(F)c(F)c(F)c2F)c2c(F)c(F)c(F)c(F)c2F)ccc13. The van der Waals surface area contributed by atoms with Gasteiger partial charge < -0.3 is 0 Å². The third-order valence-corrected chi connectivity index (χ3v) is 16.2. The summed E-state index contributed by atoms with van der Waals surface area (Å²) in [7, 11) is -8.08. The van der Waals surface area contributed by atoms with Gasteiger partial charge in [-0.2, -0.15) is 20.5 Å². The van der Waals surface area contributed by atoms with E-state index in [1.54, 1.807) is 0 Å². The highest BCUT2D eigenvalue weighted by Gasteiger charge is 2.41. The quantitative estimate of drug-likeness (QED) is 0.0547. The lowest BCUT2D eigenvalue weighted by atomic mass is 10.1. The maximum atomic E-state index is 15.5. The van der Waals surface area contributed by atoms with Crippen molar-refractivity contribution in [3.8, 4) is 12.4 Å². The molecule has 0 atom stereocenters. The molecule has 9 aromatic carbocycles. The van der Waals surface area contributed by atoms with Crippen LogP contribution in [-0.4, -0.2) is 0 Å². The Kier molecular flexibility index (Phi) is 12.0. The molecule has 0 N–H and O–H groups in total. The van der Waals surface area contributed by atoms with Crippen molar-refractivity contribution in [2.45, 2.75) is 0 Å². The maximum Gasteiger partial charge on any atom is 0.206 e. The molecule has 9 rings (SSSR count). The fourth-order valence-corrected chi connectivity index (χ4v) is 13.0. The highest BCUT2D eigenvalue weighted by atomic mass is 31.1. The van der Waals surface area contributed by atoms with E-state index < -0.39 is 175 Å². The molecule has 0 saturated carbocycles. The summed E-state index contributed by atoms with van der Waals surface area (Å²) in [6, 6.07) is 7.17. The average Bonchev–Trinajstić information content (AvgIpc) is 3.84. The first kappa shape index (κ1) is 49.3. The molecule has 0 aliphatic carbocycles. The van der Waals surface area contributed by atoms with Gasteiger partial charge in [0.05, 0.1) is 31.9 Å². The van der Waals surface area contributed by atoms with Crippen LogP contribution in [-0.2, 0) is 0 Å². The van der Waals surface area contributed by atoms with E-state index in [0.717, 1.165) is 42.5 Å². The first-order chi connectivity index (χ1) is 34.0. The second-order valence-corrected chi connectivity index (χ2v) is 19.0. The Morgan fingerprint density at radius 3 is 0.708 bits per heavy atom. The van der Waals surface area contributed by atoms with Crippen LogP contribution in [0.25, 0.3) is 43.1 Å². The van der Waals surface area contributed by atoms with E-state index >= 15 is 35.1 Å². The molecule has 0 aromatic heterocycles. The fraction of sp³-hybridized carbons (Fsp3) is 0. The molecule has 0 aliphatic heterocycles. The normalized spacial score (nSPS) is 12.6. The lowest BCUT2D eigenvalue weighted by Crippen LogP contribution is -2.33. The van der Waals surface area contributed by atoms with Gasteiger partial charge in [-0.15, -0.1) is 0 Å². The van der Waals surface area contributed by atoms with Crippen LogP contribution in [0, 0.1) is 139 Å². The summed E-state index contributed by atoms with van der Waals surface area (Å²) in [4.78, 5) is 7.40. The zero-order valence-electron chi connectivity index (χ0n) is 33.9. The van der Waals surface area contributed by atoms with Gasteiger partial charge >= 0.3 is 0 Å². The maximum absolute atomic E-state index is 15.5. The molecule has 362 valence electrons. The number of hydrogen-bond donors (Lipinski definition) is 0. The van der Waals surface area contributed by atoms with E-state index in [9.17, 15) is 63.2 Å². The van der Waals surface area contributed by atoms with Gasteiger partial charge in [-0.1, -0.05) is 24.3 Å². The summed E-state index contributed by atoms with van der Waals surface area (Å²) in [6.45, 7) is 0. The topological polar surface area (TPSA) is 72.3 Å². The van der Waals surface area contributed by atoms with Crippen molar-refractivity contribution < 1.29 is 87.8 Å². The second-order valence-electron chi connectivity index (χ2n) is 14.9. The number of benzene rings is 7. The van der Waals surface area contributed by atoms with Crippen LogP contribution in [0.1, 0.15) is 0 Å². The summed E-state index contributed by atoms with van der Waals surface area (Å²) >= 11 is 0. The molecule has 0 saturated heterocycles. The monoisotopic (exact) mass is 1060 g/mol. The Hall–Kier alpha value is -7.68. The fourth-order valence-electron chi connectivity index (χ4n) is 8.17. The summed E-state index contributed by atoms with van der Waals surface area (Å²) in [5.74, 6) is -54.3. The number of rotatable bonds is 6. The number of nitrogens with zero attached hydrogens (tertiary/aromatic N) is 4. The predicted octanol–water partition coefficient (Wildman–Crippen LogP) is 10.2. The third-order valence-electron chi connectivity index (χ3n) is 11.2. The smallest absolute Gasteiger partial charge is 0.203 e. The van der Waals surface area contributed by atoms with Gasteiger partial charge in [-0.3, -0.25) is 0 Å². The summed E-state index contributed by atoms with van der Waals surface area (Å²) in [5.41, 5.74) is 0. The number of hydrogen-bond acceptors (Lipinski definition) is 4. The number of fused-ring (bicyclic) bond motifs is 6. The van der Waals surface area contributed by atoms with Crippen LogP contribution < -0.4 is 42.5 Å². The van der Waals surface area contributed by atoms with Gasteiger partial charge in [-0.25, -0.2) is 87.8 Å². The first-order valence-corrected chi connectivity index (χ1v) is 21.8. The zero-order chi connectivity index (χ0) is 52.4. The average molecular weight is 1060 g/mol. The van der Waals surface area contributed by atoms with E-state index in [4.69, 9.17) is 0 Å². The van der Waals surface area contributed by atoms with Crippen molar-refractivity contribution in [1.82, 2.24) is 0 Å². The van der Waals surface area contributed by atoms with Crippen molar-refractivity contribution >= 4 is 90.8 Å². The highest BCUT2D eigenvalue weighted by Crippen LogP contribution is 2.44. The van der Waals surface area contributed by atoms with Gasteiger partial charge in [0.15, 0.2) is 93.1 Å². The Morgan fingerprint density at radius 2 is 0.472 bits per heavy atom. The second kappa shape index (κ2) is 17.6. The molecule has 0 heterocycles. The molecule has 0 amide bonds. The minimum Gasteiger partial charge on any atom is -0.203 e. The lowest BCUT2D eigenvalue weighted by molar-refractivity contribution is 0.383. The largest absolute Gasteiger partial charge is 0.206 e. The highest BCUT2D eigenvalue weighted by molar-refractivity contribution is 7.80. The molecule has 0 radical (unpaired) electrons. The van der Waals surface area contributed by atoms with Gasteiger partial charge in [0, 0.05) is 21.5 Å². The van der Waals surface area contributed by atoms with Gasteiger partial charge in [0.2, 0.25) is 35.7 Å². The molecule has 26 heteroatoms. The Bertz CT molecular complexity index is 3660. The van der Waals surface area contributed by atoms with Crippen LogP contribution in [0.3, 0.4) is 0 Å². The molecule has 9 aromatic rings. The van der Waals surface area contributed by atoms with E-state index in [1.807, 2.05) is 0 Å². The van der Waals surface area contributed by atoms with Crippen molar-refractivity contribution in [3.63, 3.8) is 0 Å². The van der Waals surface area contributed by atoms with Crippen LogP contribution in [0.15, 0.2) is 58.5 Å². The minimum absolute atomic E-state index is 0.0283. The number of nitriles is 2. The Balaban J connectivity index is 1.35. The van der Waals surface area contributed by atoms with E-state index in [0.29, 0.717) is 0 Å². The molecule has 0 bridgehead atoms. The molecule has 0 unspecified atom stereocenters. The number of halogens is 20. The van der Waals surface area contributed by atoms with Gasteiger partial charge in [0.25, 0.3) is 0 Å². The molecule has 4 nitrogen and oxygen atoms in total. The molecule has 72 heavy (non-hydrogen) atoms. The minimum atomic E-state index is -4.04. The van der Waals surface area contributed by atoms with E-state index in [-0.39, 0.29) is 43.1 Å². The molecule has 0 fully saturated rings. The van der Waals surface area contributed by atoms with Crippen LogP contribution in [0.4, 0.5) is 87.8 Å². The zero-order valence-corrected chi connectivity index (χ0v) is 35.7. The van der Waals surface area contributed by atoms with Crippen molar-refractivity contribution in [1.29, 1.82) is 10.5 Å². The lowest BCUT2D eigenvalue weighted by Gasteiger charge is -2.23. The predicted molar refractivity (Wildman–Crippen MR) is 218 cm³/mol. The summed E-state index contributed by atoms with van der Waals surface area (Å²) in [5, 5.41) is 7.36. The van der Waals surface area contributed by atoms with Crippen molar-refractivity contribution in [2.75, 3.05) is 0 Å². The Morgan fingerprint density at radius 1 is 0.264 bits per heavy atom. The summed E-state index contributed by atoms with van der Waals surface area (Å²) in [6.07, 6.45) is 2.82. The van der Waals surface area contributed by atoms with Crippen molar-refractivity contribution in [2.24, 2.45) is 9.98 Å². The van der Waals surface area contributed by atoms with Gasteiger partial charge in [0.1, 0.15) is 0 Å². The van der Waals surface area contributed by atoms with Crippen molar-refractivity contribution in [3.05, 3.63) is 176 Å². The van der Waals surface area contributed by atoms with E-state index in [2.05, 4.69) is 9.98 Å².